The third-order valence-corrected chi connectivity index (χ3v) is 7.29. The van der Waals surface area contributed by atoms with E-state index in [0.717, 1.165) is 55.8 Å². The van der Waals surface area contributed by atoms with Crippen LogP contribution in [0.1, 0.15) is 66.8 Å². The first-order valence-corrected chi connectivity index (χ1v) is 11.5. The van der Waals surface area contributed by atoms with E-state index in [1.54, 1.807) is 36.4 Å². The van der Waals surface area contributed by atoms with Gasteiger partial charge in [-0.3, -0.25) is 9.78 Å². The standard InChI is InChI=1S/C26H26ClFN2O/c27-20-7-5-19(6-8-20)25(31)30-26(12-13-26)16-17-1-3-18(4-2-17)22-11-14-29-24-10-9-21(28)15-23(22)24/h5-11,14-15,17-18H,1-4,12-13,16H2,(H,30,31)/t17-,18-. The minimum Gasteiger partial charge on any atom is -0.347 e. The Balaban J connectivity index is 1.21. The SMILES string of the molecule is O=C(NC1(C[C@H]2CC[C@H](c3ccnc4ccc(F)cc43)CC2)CC1)c1ccc(Cl)cc1. The van der Waals surface area contributed by atoms with Crippen molar-refractivity contribution in [3.8, 4) is 0 Å². The van der Waals surface area contributed by atoms with Crippen LogP contribution < -0.4 is 5.32 Å². The van der Waals surface area contributed by atoms with Crippen LogP contribution in [0.3, 0.4) is 0 Å². The molecule has 1 heterocycles. The molecule has 0 unspecified atom stereocenters. The Labute approximate surface area is 187 Å². The average Bonchev–Trinajstić information content (AvgIpc) is 3.53. The van der Waals surface area contributed by atoms with Crippen molar-refractivity contribution in [2.24, 2.45) is 5.92 Å². The maximum absolute atomic E-state index is 13.8. The molecule has 2 aromatic carbocycles. The third kappa shape index (κ3) is 4.45. The number of hydrogen-bond acceptors (Lipinski definition) is 2. The van der Waals surface area contributed by atoms with Crippen molar-refractivity contribution in [3.63, 3.8) is 0 Å². The second-order valence-corrected chi connectivity index (χ2v) is 9.66. The average molecular weight is 437 g/mol. The van der Waals surface area contributed by atoms with Gasteiger partial charge in [-0.15, -0.1) is 0 Å². The van der Waals surface area contributed by atoms with E-state index in [1.165, 1.54) is 11.6 Å². The lowest BCUT2D eigenvalue weighted by molar-refractivity contribution is 0.0921. The zero-order valence-electron chi connectivity index (χ0n) is 17.4. The predicted octanol–water partition coefficient (Wildman–Crippen LogP) is 6.65. The molecule has 2 aliphatic carbocycles. The van der Waals surface area contributed by atoms with Gasteiger partial charge < -0.3 is 5.32 Å². The minimum atomic E-state index is -0.206. The minimum absolute atomic E-state index is 0.00636. The second kappa shape index (κ2) is 8.23. The summed E-state index contributed by atoms with van der Waals surface area (Å²) in [6, 6.07) is 14.0. The summed E-state index contributed by atoms with van der Waals surface area (Å²) < 4.78 is 13.8. The summed E-state index contributed by atoms with van der Waals surface area (Å²) in [5.41, 5.74) is 2.71. The van der Waals surface area contributed by atoms with Crippen molar-refractivity contribution in [2.45, 2.75) is 56.4 Å². The molecule has 0 saturated heterocycles. The van der Waals surface area contributed by atoms with Crippen molar-refractivity contribution in [1.82, 2.24) is 10.3 Å². The Morgan fingerprint density at radius 1 is 1.06 bits per heavy atom. The largest absolute Gasteiger partial charge is 0.347 e. The van der Waals surface area contributed by atoms with Crippen LogP contribution in [-0.4, -0.2) is 16.4 Å². The summed E-state index contributed by atoms with van der Waals surface area (Å²) in [5, 5.41) is 4.87. The van der Waals surface area contributed by atoms with Gasteiger partial charge in [0, 0.05) is 27.7 Å². The molecular formula is C26H26ClFN2O. The molecule has 2 aliphatic rings. The van der Waals surface area contributed by atoms with Crippen molar-refractivity contribution < 1.29 is 9.18 Å². The number of carbonyl (C=O) groups excluding carboxylic acids is 1. The van der Waals surface area contributed by atoms with E-state index in [4.69, 9.17) is 11.6 Å². The van der Waals surface area contributed by atoms with E-state index in [2.05, 4.69) is 16.4 Å². The Hall–Kier alpha value is -2.46. The number of fused-ring (bicyclic) bond motifs is 1. The quantitative estimate of drug-likeness (QED) is 0.486. The van der Waals surface area contributed by atoms with E-state index in [1.807, 2.05) is 6.20 Å². The summed E-state index contributed by atoms with van der Waals surface area (Å²) >= 11 is 5.93. The normalized spacial score (nSPS) is 22.3. The molecule has 31 heavy (non-hydrogen) atoms. The second-order valence-electron chi connectivity index (χ2n) is 9.22. The summed E-state index contributed by atoms with van der Waals surface area (Å²) in [5.74, 6) is 0.854. The number of amides is 1. The summed E-state index contributed by atoms with van der Waals surface area (Å²) in [4.78, 5) is 17.0. The third-order valence-electron chi connectivity index (χ3n) is 7.04. The monoisotopic (exact) mass is 436 g/mol. The number of nitrogens with one attached hydrogen (secondary N) is 1. The number of carbonyl (C=O) groups is 1. The Kier molecular flexibility index (Phi) is 5.43. The Morgan fingerprint density at radius 3 is 2.52 bits per heavy atom. The fourth-order valence-corrected chi connectivity index (χ4v) is 5.30. The zero-order chi connectivity index (χ0) is 21.4. The van der Waals surface area contributed by atoms with Gasteiger partial charge in [-0.1, -0.05) is 11.6 Å². The van der Waals surface area contributed by atoms with Gasteiger partial charge in [-0.25, -0.2) is 4.39 Å². The first-order chi connectivity index (χ1) is 15.0. The number of nitrogens with zero attached hydrogens (tertiary/aromatic N) is 1. The highest BCUT2D eigenvalue weighted by molar-refractivity contribution is 6.30. The zero-order valence-corrected chi connectivity index (χ0v) is 18.2. The molecule has 0 aliphatic heterocycles. The molecule has 2 fully saturated rings. The van der Waals surface area contributed by atoms with Crippen molar-refractivity contribution in [3.05, 3.63) is 76.7 Å². The molecule has 0 radical (unpaired) electrons. The van der Waals surface area contributed by atoms with Crippen molar-refractivity contribution in [2.75, 3.05) is 0 Å². The Morgan fingerprint density at radius 2 is 1.81 bits per heavy atom. The number of pyridine rings is 1. The molecule has 3 nitrogen and oxygen atoms in total. The van der Waals surface area contributed by atoms with E-state index >= 15 is 0 Å². The summed E-state index contributed by atoms with van der Waals surface area (Å²) in [6.45, 7) is 0. The fraction of sp³-hybridized carbons (Fsp3) is 0.385. The molecule has 5 heteroatoms. The van der Waals surface area contributed by atoms with Gasteiger partial charge >= 0.3 is 0 Å². The molecule has 1 amide bonds. The predicted molar refractivity (Wildman–Crippen MR) is 122 cm³/mol. The van der Waals surface area contributed by atoms with E-state index < -0.39 is 0 Å². The molecule has 0 atom stereocenters. The Bertz CT molecular complexity index is 1100. The fourth-order valence-electron chi connectivity index (χ4n) is 5.17. The van der Waals surface area contributed by atoms with Gasteiger partial charge in [0.05, 0.1) is 5.52 Å². The van der Waals surface area contributed by atoms with Gasteiger partial charge in [-0.2, -0.15) is 0 Å². The molecule has 0 spiro atoms. The number of halogens is 2. The number of rotatable bonds is 5. The van der Waals surface area contributed by atoms with Crippen LogP contribution >= 0.6 is 11.6 Å². The number of benzene rings is 2. The van der Waals surface area contributed by atoms with E-state index in [-0.39, 0.29) is 17.3 Å². The highest BCUT2D eigenvalue weighted by atomic mass is 35.5. The van der Waals surface area contributed by atoms with E-state index in [0.29, 0.717) is 22.4 Å². The van der Waals surface area contributed by atoms with Gasteiger partial charge in [0.2, 0.25) is 0 Å². The first kappa shape index (κ1) is 20.4. The number of aromatic nitrogens is 1. The topological polar surface area (TPSA) is 42.0 Å². The highest BCUT2D eigenvalue weighted by Gasteiger charge is 2.45. The molecule has 0 bridgehead atoms. The van der Waals surface area contributed by atoms with Crippen LogP contribution in [0.5, 0.6) is 0 Å². The lowest BCUT2D eigenvalue weighted by atomic mass is 9.75. The van der Waals surface area contributed by atoms with Crippen LogP contribution in [0.15, 0.2) is 54.7 Å². The van der Waals surface area contributed by atoms with Crippen molar-refractivity contribution in [1.29, 1.82) is 0 Å². The molecule has 5 rings (SSSR count). The van der Waals surface area contributed by atoms with Gasteiger partial charge in [-0.05, 0) is 111 Å². The number of hydrogen-bond donors (Lipinski definition) is 1. The lowest BCUT2D eigenvalue weighted by Gasteiger charge is -2.32. The smallest absolute Gasteiger partial charge is 0.251 e. The lowest BCUT2D eigenvalue weighted by Crippen LogP contribution is -2.38. The van der Waals surface area contributed by atoms with Crippen LogP contribution in [0.4, 0.5) is 4.39 Å². The molecule has 1 aromatic heterocycles. The molecule has 3 aromatic rings. The van der Waals surface area contributed by atoms with Gasteiger partial charge in [0.15, 0.2) is 0 Å². The van der Waals surface area contributed by atoms with E-state index in [9.17, 15) is 9.18 Å². The molecule has 160 valence electrons. The maximum Gasteiger partial charge on any atom is 0.251 e. The summed E-state index contributed by atoms with van der Waals surface area (Å²) in [6.07, 6.45) is 9.48. The van der Waals surface area contributed by atoms with Gasteiger partial charge in [0.1, 0.15) is 5.82 Å². The molecule has 1 N–H and O–H groups in total. The van der Waals surface area contributed by atoms with Crippen LogP contribution in [0, 0.1) is 11.7 Å². The van der Waals surface area contributed by atoms with Crippen LogP contribution in [0.2, 0.25) is 5.02 Å². The first-order valence-electron chi connectivity index (χ1n) is 11.1. The summed E-state index contributed by atoms with van der Waals surface area (Å²) in [7, 11) is 0. The molecular weight excluding hydrogens is 411 g/mol. The molecule has 2 saturated carbocycles. The van der Waals surface area contributed by atoms with Crippen LogP contribution in [0.25, 0.3) is 10.9 Å². The van der Waals surface area contributed by atoms with Crippen LogP contribution in [-0.2, 0) is 0 Å². The highest BCUT2D eigenvalue weighted by Crippen LogP contribution is 2.47. The van der Waals surface area contributed by atoms with Crippen molar-refractivity contribution >= 4 is 28.4 Å². The van der Waals surface area contributed by atoms with Gasteiger partial charge in [0.25, 0.3) is 5.91 Å². The maximum atomic E-state index is 13.8.